The molecule has 1 aliphatic carbocycles. The van der Waals surface area contributed by atoms with Crippen LogP contribution in [0.4, 0.5) is 0 Å². The van der Waals surface area contributed by atoms with Crippen LogP contribution < -0.4 is 5.32 Å². The van der Waals surface area contributed by atoms with Crippen LogP contribution in [-0.4, -0.2) is 43.4 Å². The molecule has 0 aromatic carbocycles. The quantitative estimate of drug-likeness (QED) is 0.823. The van der Waals surface area contributed by atoms with E-state index in [0.717, 1.165) is 25.7 Å². The van der Waals surface area contributed by atoms with Gasteiger partial charge < -0.3 is 14.8 Å². The van der Waals surface area contributed by atoms with Crippen molar-refractivity contribution in [3.05, 3.63) is 18.4 Å². The zero-order valence-electron chi connectivity index (χ0n) is 11.5. The molecule has 1 amide bonds. The molecule has 1 saturated carbocycles. The molecule has 0 spiro atoms. The van der Waals surface area contributed by atoms with E-state index in [1.54, 1.807) is 12.1 Å². The summed E-state index contributed by atoms with van der Waals surface area (Å²) in [4.78, 5) is 13.3. The number of nitrogens with one attached hydrogen (secondary N) is 1. The number of rotatable bonds is 5. The third-order valence-corrected chi connectivity index (χ3v) is 3.75. The van der Waals surface area contributed by atoms with Crippen molar-refractivity contribution in [2.45, 2.75) is 37.8 Å². The first-order valence-electron chi connectivity index (χ1n) is 6.94. The molecule has 2 aromatic heterocycles. The number of hydrogen-bond acceptors (Lipinski definition) is 6. The number of aliphatic hydroxyl groups is 1. The molecule has 0 radical (unpaired) electrons. The van der Waals surface area contributed by atoms with Crippen LogP contribution in [0.15, 0.2) is 22.8 Å². The van der Waals surface area contributed by atoms with Crippen molar-refractivity contribution in [1.82, 2.24) is 25.5 Å². The third kappa shape index (κ3) is 2.94. The van der Waals surface area contributed by atoms with Gasteiger partial charge in [0.05, 0.1) is 18.4 Å². The van der Waals surface area contributed by atoms with E-state index < -0.39 is 5.54 Å². The molecule has 0 saturated heterocycles. The zero-order chi connectivity index (χ0) is 14.7. The number of hydrogen-bond donors (Lipinski definition) is 2. The van der Waals surface area contributed by atoms with Gasteiger partial charge in [0.2, 0.25) is 11.7 Å². The van der Waals surface area contributed by atoms with E-state index in [1.165, 1.54) is 11.1 Å². The molecule has 0 unspecified atom stereocenters. The summed E-state index contributed by atoms with van der Waals surface area (Å²) < 4.78 is 5.17. The number of nitrogens with zero attached hydrogens (tertiary/aromatic N) is 4. The predicted molar refractivity (Wildman–Crippen MR) is 71.9 cm³/mol. The second-order valence-corrected chi connectivity index (χ2v) is 5.31. The van der Waals surface area contributed by atoms with Gasteiger partial charge in [-0.3, -0.25) is 4.79 Å². The lowest BCUT2D eigenvalue weighted by molar-refractivity contribution is -0.124. The highest BCUT2D eigenvalue weighted by Crippen LogP contribution is 2.29. The molecule has 0 atom stereocenters. The summed E-state index contributed by atoms with van der Waals surface area (Å²) in [7, 11) is 0. The monoisotopic (exact) mass is 291 g/mol. The van der Waals surface area contributed by atoms with Crippen LogP contribution >= 0.6 is 0 Å². The summed E-state index contributed by atoms with van der Waals surface area (Å²) in [6.07, 6.45) is 5.17. The van der Waals surface area contributed by atoms with Crippen molar-refractivity contribution in [3.63, 3.8) is 0 Å². The lowest BCUT2D eigenvalue weighted by Crippen LogP contribution is -2.50. The highest BCUT2D eigenvalue weighted by Gasteiger charge is 2.34. The molecule has 8 heteroatoms. The van der Waals surface area contributed by atoms with Crippen molar-refractivity contribution in [3.8, 4) is 11.6 Å². The number of aliphatic hydroxyl groups excluding tert-OH is 1. The van der Waals surface area contributed by atoms with Gasteiger partial charge in [-0.15, -0.1) is 10.2 Å². The van der Waals surface area contributed by atoms with E-state index in [9.17, 15) is 9.90 Å². The summed E-state index contributed by atoms with van der Waals surface area (Å²) in [5.41, 5.74) is -0.485. The smallest absolute Gasteiger partial charge is 0.244 e. The SMILES string of the molecule is O=C(Cn1nnc(-c2ccco2)n1)NC1(CO)CCCC1. The number of furan rings is 1. The van der Waals surface area contributed by atoms with E-state index in [-0.39, 0.29) is 19.1 Å². The molecule has 2 aromatic rings. The molecule has 0 bridgehead atoms. The molecule has 2 heterocycles. The zero-order valence-corrected chi connectivity index (χ0v) is 11.5. The van der Waals surface area contributed by atoms with Crippen molar-refractivity contribution < 1.29 is 14.3 Å². The van der Waals surface area contributed by atoms with Gasteiger partial charge in [-0.1, -0.05) is 12.8 Å². The van der Waals surface area contributed by atoms with Crippen molar-refractivity contribution in [2.75, 3.05) is 6.61 Å². The number of aromatic nitrogens is 4. The van der Waals surface area contributed by atoms with Crippen LogP contribution in [0, 0.1) is 0 Å². The average molecular weight is 291 g/mol. The highest BCUT2D eigenvalue weighted by molar-refractivity contribution is 5.76. The number of carbonyl (C=O) groups is 1. The molecular formula is C13H17N5O3. The standard InChI is InChI=1S/C13H17N5O3/c19-9-13(5-1-2-6-13)14-11(20)8-18-16-12(15-17-18)10-4-3-7-21-10/h3-4,7,19H,1-2,5-6,8-9H2,(H,14,20). The van der Waals surface area contributed by atoms with E-state index >= 15 is 0 Å². The predicted octanol–water partition coefficient (Wildman–Crippen LogP) is 0.354. The maximum atomic E-state index is 12.1. The number of carbonyl (C=O) groups excluding carboxylic acids is 1. The van der Waals surface area contributed by atoms with Gasteiger partial charge in [0.15, 0.2) is 5.76 Å². The Morgan fingerprint density at radius 1 is 1.48 bits per heavy atom. The second kappa shape index (κ2) is 5.65. The van der Waals surface area contributed by atoms with Crippen LogP contribution in [0.25, 0.3) is 11.6 Å². The first-order chi connectivity index (χ1) is 10.2. The van der Waals surface area contributed by atoms with Gasteiger partial charge in [-0.25, -0.2) is 0 Å². The Morgan fingerprint density at radius 2 is 2.29 bits per heavy atom. The average Bonchev–Trinajstić information content (AvgIpc) is 3.19. The second-order valence-electron chi connectivity index (χ2n) is 5.31. The third-order valence-electron chi connectivity index (χ3n) is 3.75. The van der Waals surface area contributed by atoms with E-state index in [1.807, 2.05) is 0 Å². The van der Waals surface area contributed by atoms with Gasteiger partial charge in [0.1, 0.15) is 6.54 Å². The highest BCUT2D eigenvalue weighted by atomic mass is 16.3. The normalized spacial score (nSPS) is 17.0. The largest absolute Gasteiger partial charge is 0.461 e. The first-order valence-corrected chi connectivity index (χ1v) is 6.94. The minimum Gasteiger partial charge on any atom is -0.461 e. The Kier molecular flexibility index (Phi) is 3.70. The van der Waals surface area contributed by atoms with E-state index in [0.29, 0.717) is 11.6 Å². The van der Waals surface area contributed by atoms with Crippen LogP contribution in [0.2, 0.25) is 0 Å². The van der Waals surface area contributed by atoms with E-state index in [4.69, 9.17) is 4.42 Å². The summed E-state index contributed by atoms with van der Waals surface area (Å²) in [5, 5.41) is 24.1. The molecule has 2 N–H and O–H groups in total. The molecule has 112 valence electrons. The molecule has 1 aliphatic rings. The van der Waals surface area contributed by atoms with Crippen molar-refractivity contribution in [2.24, 2.45) is 0 Å². The minimum atomic E-state index is -0.485. The van der Waals surface area contributed by atoms with Crippen molar-refractivity contribution >= 4 is 5.91 Å². The molecule has 3 rings (SSSR count). The fourth-order valence-corrected chi connectivity index (χ4v) is 2.65. The Labute approximate surface area is 121 Å². The van der Waals surface area contributed by atoms with Gasteiger partial charge >= 0.3 is 0 Å². The minimum absolute atomic E-state index is 0.0323. The fourth-order valence-electron chi connectivity index (χ4n) is 2.65. The fraction of sp³-hybridized carbons (Fsp3) is 0.538. The summed E-state index contributed by atoms with van der Waals surface area (Å²) in [6, 6.07) is 3.45. The van der Waals surface area contributed by atoms with Crippen molar-refractivity contribution in [1.29, 1.82) is 0 Å². The molecular weight excluding hydrogens is 274 g/mol. The van der Waals surface area contributed by atoms with Gasteiger partial charge in [0, 0.05) is 0 Å². The lowest BCUT2D eigenvalue weighted by Gasteiger charge is -2.27. The molecule has 8 nitrogen and oxygen atoms in total. The van der Waals surface area contributed by atoms with Crippen LogP contribution in [0.1, 0.15) is 25.7 Å². The summed E-state index contributed by atoms with van der Waals surface area (Å²) in [6.45, 7) is -0.0728. The Bertz CT molecular complexity index is 601. The maximum absolute atomic E-state index is 12.1. The number of amides is 1. The summed E-state index contributed by atoms with van der Waals surface area (Å²) in [5.74, 6) is 0.615. The lowest BCUT2D eigenvalue weighted by atomic mass is 9.99. The van der Waals surface area contributed by atoms with Gasteiger partial charge in [-0.05, 0) is 30.2 Å². The van der Waals surface area contributed by atoms with E-state index in [2.05, 4.69) is 20.7 Å². The van der Waals surface area contributed by atoms with Crippen LogP contribution in [0.3, 0.4) is 0 Å². The molecule has 21 heavy (non-hydrogen) atoms. The van der Waals surface area contributed by atoms with Gasteiger partial charge in [0.25, 0.3) is 0 Å². The Hall–Kier alpha value is -2.22. The van der Waals surface area contributed by atoms with Crippen LogP contribution in [-0.2, 0) is 11.3 Å². The molecule has 1 fully saturated rings. The Morgan fingerprint density at radius 3 is 2.95 bits per heavy atom. The Balaban J connectivity index is 1.62. The number of tetrazole rings is 1. The van der Waals surface area contributed by atoms with Gasteiger partial charge in [-0.2, -0.15) is 4.80 Å². The topological polar surface area (TPSA) is 106 Å². The summed E-state index contributed by atoms with van der Waals surface area (Å²) >= 11 is 0. The maximum Gasteiger partial charge on any atom is 0.244 e. The molecule has 0 aliphatic heterocycles. The van der Waals surface area contributed by atoms with Crippen LogP contribution in [0.5, 0.6) is 0 Å². The first kappa shape index (κ1) is 13.7.